The number of fused-ring (bicyclic) bond motifs is 1. The number of aromatic amines is 1. The highest BCUT2D eigenvalue weighted by Gasteiger charge is 2.29. The molecular weight excluding hydrogens is 566 g/mol. The monoisotopic (exact) mass is 616 g/mol. The fourth-order valence-corrected chi connectivity index (χ4v) is 6.42. The lowest BCUT2D eigenvalue weighted by Crippen LogP contribution is -2.49. The number of guanidine groups is 1. The molecule has 9 heteroatoms. The van der Waals surface area contributed by atoms with Crippen molar-refractivity contribution in [2.75, 3.05) is 13.2 Å². The van der Waals surface area contributed by atoms with Crippen molar-refractivity contribution in [1.82, 2.24) is 10.3 Å². The number of hydrogen-bond acceptors (Lipinski definition) is 6. The van der Waals surface area contributed by atoms with Gasteiger partial charge in [0.15, 0.2) is 5.96 Å². The van der Waals surface area contributed by atoms with Crippen LogP contribution in [0.25, 0.3) is 16.1 Å². The molecule has 0 saturated carbocycles. The van der Waals surface area contributed by atoms with E-state index in [9.17, 15) is 15.0 Å². The predicted octanol–water partition coefficient (Wildman–Crippen LogP) is 6.66. The zero-order valence-electron chi connectivity index (χ0n) is 26.3. The van der Waals surface area contributed by atoms with Crippen molar-refractivity contribution in [1.29, 1.82) is 0 Å². The van der Waals surface area contributed by atoms with Gasteiger partial charge >= 0.3 is 5.97 Å². The lowest BCUT2D eigenvalue weighted by Gasteiger charge is -2.35. The van der Waals surface area contributed by atoms with Gasteiger partial charge in [-0.1, -0.05) is 112 Å². The summed E-state index contributed by atoms with van der Waals surface area (Å²) in [6, 6.07) is 17.7. The largest absolute Gasteiger partial charge is 0.478 e. The van der Waals surface area contributed by atoms with Gasteiger partial charge in [-0.3, -0.25) is 0 Å². The van der Waals surface area contributed by atoms with Crippen molar-refractivity contribution in [3.05, 3.63) is 83.3 Å². The molecule has 2 heterocycles. The minimum atomic E-state index is -1.05. The van der Waals surface area contributed by atoms with Gasteiger partial charge in [-0.15, -0.1) is 0 Å². The predicted molar refractivity (Wildman–Crippen MR) is 182 cm³/mol. The molecule has 4 rings (SSSR count). The van der Waals surface area contributed by atoms with Gasteiger partial charge in [-0.2, -0.15) is 0 Å². The number of nitrogens with one attached hydrogen (secondary N) is 2. The number of aliphatic hydroxyl groups is 2. The SMILES string of the molecule is NC1=N[C@H](/C(=C\C(=O)O)[C@H](CC[C@H](CCCCCCCCCCO)c2ccc3ccccc3c2)[N-]c2ccc[nH]2)C[C@H](CO)N1. The number of carboxylic acid groups (broad SMARTS) is 1. The van der Waals surface area contributed by atoms with E-state index in [0.29, 0.717) is 30.2 Å². The maximum Gasteiger partial charge on any atom is 0.328 e. The molecule has 1 aromatic heterocycles. The third-order valence-corrected chi connectivity index (χ3v) is 8.81. The Hall–Kier alpha value is -3.82. The summed E-state index contributed by atoms with van der Waals surface area (Å²) in [6.45, 7) is 0.156. The van der Waals surface area contributed by atoms with Gasteiger partial charge in [0.1, 0.15) is 0 Å². The fourth-order valence-electron chi connectivity index (χ4n) is 6.42. The van der Waals surface area contributed by atoms with Crippen molar-refractivity contribution >= 4 is 28.5 Å². The van der Waals surface area contributed by atoms with E-state index in [4.69, 9.17) is 16.2 Å². The van der Waals surface area contributed by atoms with Crippen LogP contribution >= 0.6 is 0 Å². The summed E-state index contributed by atoms with van der Waals surface area (Å²) in [6.07, 6.45) is 15.1. The molecule has 0 spiro atoms. The quantitative estimate of drug-likeness (QED) is 0.0615. The van der Waals surface area contributed by atoms with Crippen LogP contribution in [0.2, 0.25) is 0 Å². The van der Waals surface area contributed by atoms with Gasteiger partial charge in [0.25, 0.3) is 0 Å². The van der Waals surface area contributed by atoms with Crippen LogP contribution in [0.5, 0.6) is 0 Å². The zero-order valence-corrected chi connectivity index (χ0v) is 26.3. The summed E-state index contributed by atoms with van der Waals surface area (Å²) in [5.74, 6) is 0.120. The summed E-state index contributed by atoms with van der Waals surface area (Å²) >= 11 is 0. The van der Waals surface area contributed by atoms with Crippen molar-refractivity contribution < 1.29 is 20.1 Å². The number of rotatable bonds is 20. The molecule has 0 aliphatic carbocycles. The molecule has 0 fully saturated rings. The number of nitrogens with two attached hydrogens (primary N) is 1. The van der Waals surface area contributed by atoms with Gasteiger partial charge in [0.2, 0.25) is 0 Å². The lowest BCUT2D eigenvalue weighted by molar-refractivity contribution is -0.131. The Morgan fingerprint density at radius 1 is 0.933 bits per heavy atom. The highest BCUT2D eigenvalue weighted by Crippen LogP contribution is 2.36. The smallest absolute Gasteiger partial charge is 0.328 e. The molecule has 4 atom stereocenters. The van der Waals surface area contributed by atoms with E-state index >= 15 is 0 Å². The van der Waals surface area contributed by atoms with Crippen LogP contribution < -0.4 is 11.1 Å². The van der Waals surface area contributed by atoms with Crippen molar-refractivity contribution in [2.45, 2.75) is 101 Å². The molecule has 244 valence electrons. The van der Waals surface area contributed by atoms with Crippen LogP contribution in [0, 0.1) is 0 Å². The maximum atomic E-state index is 12.1. The molecule has 0 amide bonds. The summed E-state index contributed by atoms with van der Waals surface area (Å²) < 4.78 is 0. The van der Waals surface area contributed by atoms with Crippen LogP contribution in [0.15, 0.2) is 77.4 Å². The van der Waals surface area contributed by atoms with E-state index in [2.05, 4.69) is 57.8 Å². The number of unbranched alkanes of at least 4 members (excludes halogenated alkanes) is 7. The maximum absolute atomic E-state index is 12.1. The molecule has 3 aromatic rings. The zero-order chi connectivity index (χ0) is 31.9. The van der Waals surface area contributed by atoms with Crippen LogP contribution in [0.1, 0.15) is 88.5 Å². The van der Waals surface area contributed by atoms with E-state index < -0.39 is 18.1 Å². The fraction of sp³-hybridized carbons (Fsp3) is 0.500. The number of hydrogen-bond donors (Lipinski definition) is 6. The van der Waals surface area contributed by atoms with Crippen LogP contribution in [-0.4, -0.2) is 63.6 Å². The van der Waals surface area contributed by atoms with Crippen molar-refractivity contribution in [3.63, 3.8) is 0 Å². The summed E-state index contributed by atoms with van der Waals surface area (Å²) in [4.78, 5) is 19.8. The van der Waals surface area contributed by atoms with Gasteiger partial charge < -0.3 is 36.7 Å². The third kappa shape index (κ3) is 10.9. The Kier molecular flexibility index (Phi) is 13.8. The number of carbonyl (C=O) groups is 1. The van der Waals surface area contributed by atoms with E-state index in [1.165, 1.54) is 54.5 Å². The highest BCUT2D eigenvalue weighted by atomic mass is 16.4. The topological polar surface area (TPSA) is 158 Å². The first-order valence-corrected chi connectivity index (χ1v) is 16.6. The Bertz CT molecular complexity index is 1370. The van der Waals surface area contributed by atoms with E-state index in [0.717, 1.165) is 32.1 Å². The summed E-state index contributed by atoms with van der Waals surface area (Å²) in [5.41, 5.74) is 7.96. The molecule has 0 bridgehead atoms. The minimum absolute atomic E-state index is 0.127. The average molecular weight is 617 g/mol. The third-order valence-electron chi connectivity index (χ3n) is 8.81. The highest BCUT2D eigenvalue weighted by molar-refractivity contribution is 5.84. The molecule has 0 radical (unpaired) electrons. The molecule has 0 unspecified atom stereocenters. The van der Waals surface area contributed by atoms with E-state index in [1.54, 1.807) is 0 Å². The standard InChI is InChI=1S/C36H50N5O4/c37-36-39-30(25-43)23-33(41-36)31(24-35(44)45)32(40-34-15-11-20-38-34)19-18-27(12-7-5-3-1-2-4-6-10-21-42)29-17-16-26-13-8-9-14-28(26)22-29/h8-9,11,13-17,20,22,24,27,30,32-33,38,42-43H,1-7,10,12,18-19,21,23,25H2,(H,44,45)(H3,37,39,41)/q-1/b31-24-/t27-,30+,32-,33-/m0/s1. The Morgan fingerprint density at radius 3 is 2.36 bits per heavy atom. The number of nitrogens with zero attached hydrogens (tertiary/aromatic N) is 2. The molecular formula is C36H50N5O4-. The van der Waals surface area contributed by atoms with E-state index in [1.807, 2.05) is 18.3 Å². The van der Waals surface area contributed by atoms with Gasteiger partial charge in [0, 0.05) is 12.7 Å². The number of carboxylic acids is 1. The molecule has 45 heavy (non-hydrogen) atoms. The second-order valence-electron chi connectivity index (χ2n) is 12.2. The normalized spacial score (nSPS) is 18.3. The Balaban J connectivity index is 1.53. The molecule has 1 aliphatic rings. The minimum Gasteiger partial charge on any atom is -0.478 e. The number of aliphatic hydroxyl groups excluding tert-OH is 2. The van der Waals surface area contributed by atoms with E-state index in [-0.39, 0.29) is 25.2 Å². The van der Waals surface area contributed by atoms with Crippen LogP contribution in [-0.2, 0) is 4.79 Å². The number of H-pyrrole nitrogens is 1. The van der Waals surface area contributed by atoms with Crippen LogP contribution in [0.3, 0.4) is 0 Å². The molecule has 9 nitrogen and oxygen atoms in total. The van der Waals surface area contributed by atoms with Gasteiger partial charge in [-0.25, -0.2) is 9.79 Å². The summed E-state index contributed by atoms with van der Waals surface area (Å²) in [5, 5.41) is 39.2. The Morgan fingerprint density at radius 2 is 1.67 bits per heavy atom. The molecule has 7 N–H and O–H groups in total. The van der Waals surface area contributed by atoms with Crippen molar-refractivity contribution in [2.24, 2.45) is 10.7 Å². The number of aliphatic imine (C=N–C) groups is 1. The second kappa shape index (κ2) is 18.2. The van der Waals surface area contributed by atoms with Crippen LogP contribution in [0.4, 0.5) is 5.82 Å². The molecule has 2 aromatic carbocycles. The molecule has 1 aliphatic heterocycles. The second-order valence-corrected chi connectivity index (χ2v) is 12.2. The first kappa shape index (κ1) is 34.1. The summed E-state index contributed by atoms with van der Waals surface area (Å²) in [7, 11) is 0. The number of aliphatic carboxylic acids is 1. The average Bonchev–Trinajstić information content (AvgIpc) is 3.56. The van der Waals surface area contributed by atoms with Gasteiger partial charge in [-0.05, 0) is 66.0 Å². The Labute approximate surface area is 267 Å². The number of aromatic nitrogens is 1. The lowest BCUT2D eigenvalue weighted by atomic mass is 9.84. The van der Waals surface area contributed by atoms with Crippen molar-refractivity contribution in [3.8, 4) is 0 Å². The first-order chi connectivity index (χ1) is 22.0. The first-order valence-electron chi connectivity index (χ1n) is 16.6. The molecule has 0 saturated heterocycles. The van der Waals surface area contributed by atoms with Gasteiger partial charge in [0.05, 0.1) is 18.7 Å². The number of benzene rings is 2.